The summed E-state index contributed by atoms with van der Waals surface area (Å²) in [4.78, 5) is 9.60. The van der Waals surface area contributed by atoms with E-state index in [1.807, 2.05) is 24.3 Å². The van der Waals surface area contributed by atoms with Crippen LogP contribution < -0.4 is 0 Å². The molecule has 0 spiro atoms. The first kappa shape index (κ1) is 36.0. The summed E-state index contributed by atoms with van der Waals surface area (Å²) in [7, 11) is 0. The number of imidazole rings is 1. The van der Waals surface area contributed by atoms with Gasteiger partial charge in [0, 0.05) is 53.5 Å². The van der Waals surface area contributed by atoms with Crippen LogP contribution in [0, 0.1) is 19.0 Å². The van der Waals surface area contributed by atoms with Gasteiger partial charge in [-0.25, -0.2) is 0 Å². The van der Waals surface area contributed by atoms with E-state index < -0.39 is 12.7 Å². The molecular formula is C60H41IrN3O-2. The van der Waals surface area contributed by atoms with E-state index in [1.165, 1.54) is 49.3 Å². The fraction of sp³-hybridized carbons (Fsp3) is 0.0667. The van der Waals surface area contributed by atoms with Crippen LogP contribution in [0.4, 0.5) is 0 Å². The number of benzene rings is 9. The van der Waals surface area contributed by atoms with Gasteiger partial charge >= 0.3 is 0 Å². The summed E-state index contributed by atoms with van der Waals surface area (Å²) in [5, 5.41) is 14.0. The third-order valence-corrected chi connectivity index (χ3v) is 12.5. The van der Waals surface area contributed by atoms with Gasteiger partial charge in [0.05, 0.1) is 22.4 Å². The summed E-state index contributed by atoms with van der Waals surface area (Å²) >= 11 is 0. The summed E-state index contributed by atoms with van der Waals surface area (Å²) in [6.07, 6.45) is 1.36. The molecule has 1 radical (unpaired) electrons. The van der Waals surface area contributed by atoms with Crippen molar-refractivity contribution in [3.63, 3.8) is 0 Å². The molecule has 0 N–H and O–H groups in total. The number of furan rings is 1. The van der Waals surface area contributed by atoms with Crippen molar-refractivity contribution in [2.24, 2.45) is 0 Å². The van der Waals surface area contributed by atoms with Gasteiger partial charge < -0.3 is 13.8 Å². The number of rotatable bonds is 3. The Kier molecular flexibility index (Phi) is 9.01. The predicted octanol–water partition coefficient (Wildman–Crippen LogP) is 16.2. The first-order valence-electron chi connectivity index (χ1n) is 23.5. The van der Waals surface area contributed by atoms with E-state index in [2.05, 4.69) is 167 Å². The zero-order valence-corrected chi connectivity index (χ0v) is 37.9. The average Bonchev–Trinajstić information content (AvgIpc) is 3.94. The first-order valence-corrected chi connectivity index (χ1v) is 21.5. The monoisotopic (exact) mass is 1020 g/mol. The minimum Gasteiger partial charge on any atom is -0.501 e. The maximum Gasteiger partial charge on any atom is 0.121 e. The standard InChI is InChI=1S/C45H25N2O.C15H16N.Ir/c1-2-12-29-27(11-1)23-24-28-25-39-36-19-9-20-37(44(36)48-42(39)26-38(28)29)45-46-40-21-10-18-35-33-16-6-4-14-31(33)30-13-3-5-15-32(30)34-17-7-8-22-41(34)47(45)43(35)40;1-11(2)14-9-15(16-10-12(14)3)13-7-5-4-6-8-13;/h1-19,21-26H;4-7,9-11H,1-3H3;/q2*-1;/i;3D3,11D;. The van der Waals surface area contributed by atoms with Crippen LogP contribution in [-0.4, -0.2) is 14.4 Å². The van der Waals surface area contributed by atoms with Crippen LogP contribution >= 0.6 is 0 Å². The molecule has 5 heteroatoms. The van der Waals surface area contributed by atoms with Gasteiger partial charge in [0.15, 0.2) is 0 Å². The molecule has 13 rings (SSSR count). The van der Waals surface area contributed by atoms with E-state index in [1.54, 1.807) is 26.0 Å². The van der Waals surface area contributed by atoms with E-state index in [9.17, 15) is 0 Å². The normalized spacial score (nSPS) is 12.9. The van der Waals surface area contributed by atoms with Crippen molar-refractivity contribution in [2.75, 3.05) is 0 Å². The predicted molar refractivity (Wildman–Crippen MR) is 268 cm³/mol. The van der Waals surface area contributed by atoms with Crippen LogP contribution in [0.2, 0.25) is 0 Å². The maximum atomic E-state index is 8.16. The Bertz CT molecular complexity index is 4190. The molecule has 0 amide bonds. The Morgan fingerprint density at radius 1 is 0.585 bits per heavy atom. The average molecular weight is 1020 g/mol. The number of aryl methyl sites for hydroxylation is 1. The summed E-state index contributed by atoms with van der Waals surface area (Å²) in [5.74, 6) is -0.197. The van der Waals surface area contributed by atoms with Crippen LogP contribution in [0.1, 0.15) is 36.4 Å². The molecule has 0 saturated heterocycles. The topological polar surface area (TPSA) is 43.3 Å². The summed E-state index contributed by atoms with van der Waals surface area (Å²) in [6, 6.07) is 69.8. The van der Waals surface area contributed by atoms with Gasteiger partial charge in [0.25, 0.3) is 0 Å². The Balaban J connectivity index is 0.000000210. The molecule has 0 fully saturated rings. The smallest absolute Gasteiger partial charge is 0.121 e. The summed E-state index contributed by atoms with van der Waals surface area (Å²) in [5.41, 5.74) is 7.59. The van der Waals surface area contributed by atoms with Crippen molar-refractivity contribution in [1.82, 2.24) is 14.4 Å². The molecule has 0 bridgehead atoms. The Hall–Kier alpha value is -7.43. The molecule has 0 aliphatic rings. The fourth-order valence-electron chi connectivity index (χ4n) is 9.53. The van der Waals surface area contributed by atoms with Crippen LogP contribution in [0.15, 0.2) is 193 Å². The number of hydrogen-bond acceptors (Lipinski definition) is 3. The van der Waals surface area contributed by atoms with Crippen molar-refractivity contribution in [3.8, 4) is 22.6 Å². The molecule has 0 saturated carbocycles. The SMILES string of the molecule is [2H]C([2H])([2H])c1cnc(-c2[c-]cccc2)cc1C([2H])(C)C.[Ir].[c-]1ccc2c(oc3cc4c(ccc5ccccc54)cc32)c1-c1nc2cccc3c4ccccc4c4ccccc4c4ccccc4n1c23. The zero-order chi connectivity index (χ0) is 46.3. The molecular weight excluding hydrogens is 971 g/mol. The second kappa shape index (κ2) is 16.3. The van der Waals surface area contributed by atoms with Crippen molar-refractivity contribution in [1.29, 1.82) is 0 Å². The van der Waals surface area contributed by atoms with E-state index >= 15 is 0 Å². The van der Waals surface area contributed by atoms with Crippen molar-refractivity contribution >= 4 is 92.4 Å². The molecule has 65 heavy (non-hydrogen) atoms. The maximum absolute atomic E-state index is 8.16. The largest absolute Gasteiger partial charge is 0.501 e. The van der Waals surface area contributed by atoms with E-state index in [-0.39, 0.29) is 25.7 Å². The number of aromatic nitrogens is 3. The van der Waals surface area contributed by atoms with Crippen LogP contribution in [0.3, 0.4) is 0 Å². The number of para-hydroxylation sites is 2. The minimum absolute atomic E-state index is 0. The number of pyridine rings is 1. The molecule has 313 valence electrons. The van der Waals surface area contributed by atoms with Crippen LogP contribution in [0.5, 0.6) is 0 Å². The zero-order valence-electron chi connectivity index (χ0n) is 39.5. The number of hydrogen-bond donors (Lipinski definition) is 0. The van der Waals surface area contributed by atoms with Gasteiger partial charge in [-0.1, -0.05) is 146 Å². The molecule has 4 aromatic heterocycles. The van der Waals surface area contributed by atoms with Gasteiger partial charge in [-0.05, 0) is 96.9 Å². The van der Waals surface area contributed by atoms with E-state index in [4.69, 9.17) is 14.9 Å². The van der Waals surface area contributed by atoms with E-state index in [0.29, 0.717) is 11.3 Å². The molecule has 4 heterocycles. The van der Waals surface area contributed by atoms with Crippen molar-refractivity contribution in [3.05, 3.63) is 211 Å². The van der Waals surface area contributed by atoms with E-state index in [0.717, 1.165) is 66.2 Å². The molecule has 0 atom stereocenters. The van der Waals surface area contributed by atoms with Gasteiger partial charge in [-0.2, -0.15) is 0 Å². The Morgan fingerprint density at radius 2 is 1.26 bits per heavy atom. The third kappa shape index (κ3) is 6.70. The minimum atomic E-state index is -2.26. The van der Waals surface area contributed by atoms with Gasteiger partial charge in [0.2, 0.25) is 0 Å². The second-order valence-corrected chi connectivity index (χ2v) is 16.5. The quantitative estimate of drug-likeness (QED) is 0.131. The second-order valence-electron chi connectivity index (χ2n) is 16.5. The summed E-state index contributed by atoms with van der Waals surface area (Å²) in [6.45, 7) is 1.09. The number of fused-ring (bicyclic) bond motifs is 13. The van der Waals surface area contributed by atoms with Crippen LogP contribution in [-0.2, 0) is 20.1 Å². The van der Waals surface area contributed by atoms with Crippen molar-refractivity contribution < 1.29 is 30.0 Å². The molecule has 0 aliphatic carbocycles. The molecule has 13 aromatic rings. The van der Waals surface area contributed by atoms with Crippen LogP contribution in [0.25, 0.3) is 115 Å². The molecule has 0 aliphatic heterocycles. The molecule has 0 unspecified atom stereocenters. The third-order valence-electron chi connectivity index (χ3n) is 12.5. The molecule has 9 aromatic carbocycles. The van der Waals surface area contributed by atoms with Gasteiger partial charge in [-0.15, -0.1) is 54.1 Å². The Labute approximate surface area is 395 Å². The number of nitrogens with zero attached hydrogens (tertiary/aromatic N) is 3. The summed E-state index contributed by atoms with van der Waals surface area (Å²) < 4.78 is 40.0. The molecule has 4 nitrogen and oxygen atoms in total. The fourth-order valence-corrected chi connectivity index (χ4v) is 9.53. The van der Waals surface area contributed by atoms with Crippen molar-refractivity contribution in [2.45, 2.75) is 26.6 Å². The van der Waals surface area contributed by atoms with Gasteiger partial charge in [-0.3, -0.25) is 4.98 Å². The van der Waals surface area contributed by atoms with Gasteiger partial charge in [0.1, 0.15) is 5.58 Å². The Morgan fingerprint density at radius 3 is 2.02 bits per heavy atom. The first-order chi connectivity index (χ1) is 33.0.